The predicted molar refractivity (Wildman–Crippen MR) is 104 cm³/mol. The van der Waals surface area contributed by atoms with Crippen LogP contribution in [0.5, 0.6) is 0 Å². The van der Waals surface area contributed by atoms with E-state index < -0.39 is 10.9 Å². The number of ether oxygens (including phenoxy) is 1. The maximum absolute atomic E-state index is 12.2. The molecule has 9 heteroatoms. The van der Waals surface area contributed by atoms with E-state index in [0.717, 1.165) is 11.0 Å². The Morgan fingerprint density at radius 3 is 2.74 bits per heavy atom. The molecule has 0 aliphatic heterocycles. The zero-order chi connectivity index (χ0) is 19.8. The lowest BCUT2D eigenvalue weighted by Crippen LogP contribution is -2.33. The number of carbonyl (C=O) groups is 2. The van der Waals surface area contributed by atoms with Crippen LogP contribution in [0, 0.1) is 10.1 Å². The first-order valence-corrected chi connectivity index (χ1v) is 9.19. The second-order valence-electron chi connectivity index (χ2n) is 5.41. The lowest BCUT2D eigenvalue weighted by Gasteiger charge is -2.19. The summed E-state index contributed by atoms with van der Waals surface area (Å²) in [6.45, 7) is 2.31. The second-order valence-corrected chi connectivity index (χ2v) is 7.21. The van der Waals surface area contributed by atoms with Gasteiger partial charge in [0.05, 0.1) is 15.8 Å². The first-order valence-electron chi connectivity index (χ1n) is 8.00. The molecule has 0 radical (unpaired) electrons. The normalized spacial score (nSPS) is 10.7. The molecule has 2 aromatic rings. The number of nitro benzene ring substituents is 1. The van der Waals surface area contributed by atoms with Crippen LogP contribution in [0.3, 0.4) is 0 Å². The van der Waals surface area contributed by atoms with Crippen LogP contribution < -0.4 is 0 Å². The third-order valence-electron chi connectivity index (χ3n) is 3.54. The maximum atomic E-state index is 12.2. The molecular weight excluding hydrogens is 392 g/mol. The topological polar surface area (TPSA) is 89.8 Å². The van der Waals surface area contributed by atoms with Crippen molar-refractivity contribution in [1.82, 2.24) is 4.90 Å². The van der Waals surface area contributed by atoms with E-state index in [9.17, 15) is 19.7 Å². The number of benzene rings is 1. The van der Waals surface area contributed by atoms with Crippen molar-refractivity contribution in [2.45, 2.75) is 13.5 Å². The Kier molecular flexibility index (Phi) is 7.51. The first-order chi connectivity index (χ1) is 12.9. The van der Waals surface area contributed by atoms with Crippen molar-refractivity contribution >= 4 is 46.6 Å². The molecular formula is C18H17ClN2O5S. The fraction of sp³-hybridized carbons (Fsp3) is 0.222. The lowest BCUT2D eigenvalue weighted by atomic mass is 10.2. The van der Waals surface area contributed by atoms with Gasteiger partial charge in [-0.3, -0.25) is 14.9 Å². The molecule has 0 unspecified atom stereocenters. The van der Waals surface area contributed by atoms with Crippen molar-refractivity contribution in [3.63, 3.8) is 0 Å². The summed E-state index contributed by atoms with van der Waals surface area (Å²) in [5.41, 5.74) is 0.408. The van der Waals surface area contributed by atoms with Crippen molar-refractivity contribution in [3.05, 3.63) is 67.4 Å². The molecule has 0 N–H and O–H groups in total. The quantitative estimate of drug-likeness (QED) is 0.286. The highest BCUT2D eigenvalue weighted by Crippen LogP contribution is 2.22. The van der Waals surface area contributed by atoms with Crippen LogP contribution in [-0.2, 0) is 20.9 Å². The molecule has 2 rings (SSSR count). The summed E-state index contributed by atoms with van der Waals surface area (Å²) >= 11 is 7.27. The number of likely N-dealkylation sites (N-methyl/N-ethyl adjacent to an activating group) is 1. The van der Waals surface area contributed by atoms with E-state index in [0.29, 0.717) is 23.0 Å². The molecule has 7 nitrogen and oxygen atoms in total. The van der Waals surface area contributed by atoms with Crippen LogP contribution in [-0.4, -0.2) is 34.9 Å². The molecule has 0 aliphatic rings. The predicted octanol–water partition coefficient (Wildman–Crippen LogP) is 3.91. The third kappa shape index (κ3) is 6.50. The number of hydrogen-bond donors (Lipinski definition) is 0. The Bertz CT molecular complexity index is 865. The largest absolute Gasteiger partial charge is 0.452 e. The van der Waals surface area contributed by atoms with Crippen LogP contribution >= 0.6 is 22.9 Å². The Balaban J connectivity index is 1.87. The highest BCUT2D eigenvalue weighted by Gasteiger charge is 2.15. The van der Waals surface area contributed by atoms with Crippen LogP contribution in [0.4, 0.5) is 5.69 Å². The minimum absolute atomic E-state index is 0.0760. The van der Waals surface area contributed by atoms with Gasteiger partial charge < -0.3 is 9.64 Å². The fourth-order valence-corrected chi connectivity index (χ4v) is 3.28. The standard InChI is InChI=1S/C18H17ClN2O5S/c1-2-20(11-15-7-8-16(19)27-15)17(22)12-26-18(23)9-6-13-4-3-5-14(10-13)21(24)25/h3-10H,2,11-12H2,1H3/b9-6+. The zero-order valence-electron chi connectivity index (χ0n) is 14.5. The summed E-state index contributed by atoms with van der Waals surface area (Å²) in [5.74, 6) is -1.02. The molecule has 0 spiro atoms. The van der Waals surface area contributed by atoms with Gasteiger partial charge in [0.1, 0.15) is 0 Å². The average Bonchev–Trinajstić information content (AvgIpc) is 3.07. The molecule has 0 bridgehead atoms. The van der Waals surface area contributed by atoms with Crippen molar-refractivity contribution in [2.75, 3.05) is 13.2 Å². The summed E-state index contributed by atoms with van der Waals surface area (Å²) < 4.78 is 5.60. The molecule has 1 aromatic heterocycles. The summed E-state index contributed by atoms with van der Waals surface area (Å²) in [5, 5.41) is 10.7. The summed E-state index contributed by atoms with van der Waals surface area (Å²) in [7, 11) is 0. The first kappa shape index (κ1) is 20.6. The molecule has 27 heavy (non-hydrogen) atoms. The molecule has 1 amide bonds. The number of rotatable bonds is 8. The molecule has 0 aliphatic carbocycles. The van der Waals surface area contributed by atoms with Gasteiger partial charge in [0.25, 0.3) is 11.6 Å². The number of carbonyl (C=O) groups excluding carboxylic acids is 2. The fourth-order valence-electron chi connectivity index (χ4n) is 2.18. The van der Waals surface area contributed by atoms with Crippen molar-refractivity contribution < 1.29 is 19.2 Å². The molecule has 1 aromatic carbocycles. The van der Waals surface area contributed by atoms with Gasteiger partial charge in [-0.15, -0.1) is 11.3 Å². The van der Waals surface area contributed by atoms with Gasteiger partial charge in [-0.25, -0.2) is 4.79 Å². The van der Waals surface area contributed by atoms with Gasteiger partial charge in [0.15, 0.2) is 6.61 Å². The van der Waals surface area contributed by atoms with Crippen LogP contribution in [0.2, 0.25) is 4.34 Å². The van der Waals surface area contributed by atoms with E-state index in [1.165, 1.54) is 35.6 Å². The van der Waals surface area contributed by atoms with Crippen molar-refractivity contribution in [2.24, 2.45) is 0 Å². The number of esters is 1. The van der Waals surface area contributed by atoms with E-state index in [4.69, 9.17) is 16.3 Å². The molecule has 0 fully saturated rings. The Hall–Kier alpha value is -2.71. The Labute approximate surface area is 165 Å². The molecule has 0 saturated heterocycles. The third-order valence-corrected chi connectivity index (χ3v) is 4.76. The van der Waals surface area contributed by atoms with E-state index in [1.807, 2.05) is 13.0 Å². The summed E-state index contributed by atoms with van der Waals surface area (Å²) in [4.78, 5) is 36.7. The smallest absolute Gasteiger partial charge is 0.331 e. The van der Waals surface area contributed by atoms with Crippen molar-refractivity contribution in [1.29, 1.82) is 0 Å². The van der Waals surface area contributed by atoms with Gasteiger partial charge in [-0.05, 0) is 30.7 Å². The van der Waals surface area contributed by atoms with Crippen LogP contribution in [0.25, 0.3) is 6.08 Å². The highest BCUT2D eigenvalue weighted by atomic mass is 35.5. The average molecular weight is 409 g/mol. The Morgan fingerprint density at radius 1 is 1.33 bits per heavy atom. The number of nitrogens with zero attached hydrogens (tertiary/aromatic N) is 2. The Morgan fingerprint density at radius 2 is 2.11 bits per heavy atom. The number of amides is 1. The van der Waals surface area contributed by atoms with Gasteiger partial charge >= 0.3 is 5.97 Å². The number of nitro groups is 1. The molecule has 1 heterocycles. The van der Waals surface area contributed by atoms with E-state index >= 15 is 0 Å². The van der Waals surface area contributed by atoms with Crippen molar-refractivity contribution in [3.8, 4) is 0 Å². The van der Waals surface area contributed by atoms with Gasteiger partial charge in [-0.1, -0.05) is 23.7 Å². The minimum atomic E-state index is -0.704. The monoisotopic (exact) mass is 408 g/mol. The van der Waals surface area contributed by atoms with E-state index in [-0.39, 0.29) is 18.2 Å². The lowest BCUT2D eigenvalue weighted by molar-refractivity contribution is -0.384. The van der Waals surface area contributed by atoms with Gasteiger partial charge in [0, 0.05) is 29.6 Å². The van der Waals surface area contributed by atoms with Crippen LogP contribution in [0.15, 0.2) is 42.5 Å². The number of halogens is 1. The molecule has 0 saturated carbocycles. The zero-order valence-corrected chi connectivity index (χ0v) is 16.0. The number of non-ortho nitro benzene ring substituents is 1. The van der Waals surface area contributed by atoms with Gasteiger partial charge in [0.2, 0.25) is 0 Å². The number of hydrogen-bond acceptors (Lipinski definition) is 6. The number of thiophene rings is 1. The molecule has 0 atom stereocenters. The maximum Gasteiger partial charge on any atom is 0.331 e. The molecule has 142 valence electrons. The minimum Gasteiger partial charge on any atom is -0.452 e. The van der Waals surface area contributed by atoms with E-state index in [2.05, 4.69) is 0 Å². The highest BCUT2D eigenvalue weighted by molar-refractivity contribution is 7.16. The van der Waals surface area contributed by atoms with Crippen LogP contribution in [0.1, 0.15) is 17.4 Å². The summed E-state index contributed by atoms with van der Waals surface area (Å²) in [6, 6.07) is 9.43. The second kappa shape index (κ2) is 9.84. The summed E-state index contributed by atoms with van der Waals surface area (Å²) in [6.07, 6.45) is 2.52. The SMILES string of the molecule is CCN(Cc1ccc(Cl)s1)C(=O)COC(=O)/C=C/c1cccc([N+](=O)[O-])c1. The van der Waals surface area contributed by atoms with Gasteiger partial charge in [-0.2, -0.15) is 0 Å². The van der Waals surface area contributed by atoms with E-state index in [1.54, 1.807) is 17.0 Å².